The van der Waals surface area contributed by atoms with Gasteiger partial charge in [-0.05, 0) is 18.6 Å². The lowest BCUT2D eigenvalue weighted by molar-refractivity contribution is 0.307. The maximum absolute atomic E-state index is 5.89. The van der Waals surface area contributed by atoms with Crippen molar-refractivity contribution in [1.29, 1.82) is 0 Å². The number of anilines is 2. The minimum absolute atomic E-state index is 0.631. The molecule has 0 aliphatic rings. The first-order valence-corrected chi connectivity index (χ1v) is 11.5. The van der Waals surface area contributed by atoms with E-state index in [-0.39, 0.29) is 0 Å². The van der Waals surface area contributed by atoms with Crippen LogP contribution in [0.3, 0.4) is 0 Å². The van der Waals surface area contributed by atoms with Crippen LogP contribution in [0, 0.1) is 0 Å². The van der Waals surface area contributed by atoms with E-state index in [2.05, 4.69) is 6.92 Å². The molecule has 0 saturated carbocycles. The third-order valence-electron chi connectivity index (χ3n) is 5.32. The minimum atomic E-state index is 0.631. The quantitative estimate of drug-likeness (QED) is 0.206. The highest BCUT2D eigenvalue weighted by Gasteiger charge is 2.04. The normalized spacial score (nSPS) is 11.0. The summed E-state index contributed by atoms with van der Waals surface area (Å²) < 4.78 is 5.74. The summed E-state index contributed by atoms with van der Waals surface area (Å²) >= 11 is 0. The summed E-state index contributed by atoms with van der Waals surface area (Å²) in [6.45, 7) is 2.99. The van der Waals surface area contributed by atoms with E-state index in [0.29, 0.717) is 23.7 Å². The number of nitrogens with two attached hydrogens (primary N) is 2. The molecular formula is C24H44N2O. The molecule has 0 amide bonds. The molecule has 0 aromatic heterocycles. The van der Waals surface area contributed by atoms with Crippen molar-refractivity contribution in [2.75, 3.05) is 18.1 Å². The molecule has 4 N–H and O–H groups in total. The molecule has 1 rings (SSSR count). The Hall–Kier alpha value is -1.38. The number of benzene rings is 1. The molecule has 1 aromatic carbocycles. The van der Waals surface area contributed by atoms with Gasteiger partial charge in [-0.2, -0.15) is 0 Å². The van der Waals surface area contributed by atoms with E-state index in [9.17, 15) is 0 Å². The Morgan fingerprint density at radius 2 is 0.963 bits per heavy atom. The Balaban J connectivity index is 1.79. The van der Waals surface area contributed by atoms with Gasteiger partial charge in [-0.3, -0.25) is 0 Å². The molecule has 1 aromatic rings. The highest BCUT2D eigenvalue weighted by molar-refractivity contribution is 5.66. The Morgan fingerprint density at radius 3 is 1.37 bits per heavy atom. The lowest BCUT2D eigenvalue weighted by Crippen LogP contribution is -2.03. The lowest BCUT2D eigenvalue weighted by atomic mass is 10.0. The van der Waals surface area contributed by atoms with Gasteiger partial charge in [0.15, 0.2) is 5.75 Å². The van der Waals surface area contributed by atoms with Crippen LogP contribution in [-0.4, -0.2) is 6.61 Å². The van der Waals surface area contributed by atoms with Crippen molar-refractivity contribution < 1.29 is 4.74 Å². The molecule has 0 aliphatic carbocycles. The van der Waals surface area contributed by atoms with Crippen molar-refractivity contribution in [3.63, 3.8) is 0 Å². The van der Waals surface area contributed by atoms with Gasteiger partial charge in [-0.25, -0.2) is 0 Å². The molecule has 0 saturated heterocycles. The van der Waals surface area contributed by atoms with Crippen LogP contribution >= 0.6 is 0 Å². The largest absolute Gasteiger partial charge is 0.489 e. The average molecular weight is 377 g/mol. The van der Waals surface area contributed by atoms with Gasteiger partial charge in [0.2, 0.25) is 0 Å². The van der Waals surface area contributed by atoms with Gasteiger partial charge in [-0.15, -0.1) is 0 Å². The maximum atomic E-state index is 5.89. The van der Waals surface area contributed by atoms with Gasteiger partial charge in [0.1, 0.15) is 0 Å². The molecule has 0 aliphatic heterocycles. The molecule has 0 unspecified atom stereocenters. The SMILES string of the molecule is CCCCCCCCCCCCCCCCCCOc1c(N)cccc1N. The monoisotopic (exact) mass is 376 g/mol. The van der Waals surface area contributed by atoms with Crippen molar-refractivity contribution >= 4 is 11.4 Å². The fourth-order valence-electron chi connectivity index (χ4n) is 3.56. The van der Waals surface area contributed by atoms with Crippen LogP contribution in [0.2, 0.25) is 0 Å². The van der Waals surface area contributed by atoms with Crippen molar-refractivity contribution in [2.45, 2.75) is 110 Å². The zero-order valence-electron chi connectivity index (χ0n) is 17.8. The van der Waals surface area contributed by atoms with Gasteiger partial charge in [0.05, 0.1) is 18.0 Å². The Bertz CT molecular complexity index is 441. The van der Waals surface area contributed by atoms with Gasteiger partial charge in [-0.1, -0.05) is 109 Å². The highest BCUT2D eigenvalue weighted by Crippen LogP contribution is 2.28. The van der Waals surface area contributed by atoms with Crippen molar-refractivity contribution in [1.82, 2.24) is 0 Å². The van der Waals surface area contributed by atoms with Crippen LogP contribution in [0.5, 0.6) is 5.75 Å². The first-order valence-electron chi connectivity index (χ1n) is 11.5. The first kappa shape index (κ1) is 23.7. The highest BCUT2D eigenvalue weighted by atomic mass is 16.5. The summed E-state index contributed by atoms with van der Waals surface area (Å²) in [5.74, 6) is 0.651. The predicted molar refractivity (Wildman–Crippen MR) is 120 cm³/mol. The molecule has 0 heterocycles. The van der Waals surface area contributed by atoms with E-state index in [1.54, 1.807) is 0 Å². The van der Waals surface area contributed by atoms with Crippen molar-refractivity contribution in [2.24, 2.45) is 0 Å². The Labute approximate surface area is 168 Å². The summed E-state index contributed by atoms with van der Waals surface area (Å²) in [7, 11) is 0. The molecule has 0 atom stereocenters. The maximum Gasteiger partial charge on any atom is 0.165 e. The molecule has 0 fully saturated rings. The van der Waals surface area contributed by atoms with Crippen molar-refractivity contribution in [3.8, 4) is 5.75 Å². The summed E-state index contributed by atoms with van der Waals surface area (Å²) in [4.78, 5) is 0. The standard InChI is InChI=1S/C24H44N2O/c1-2-3-4-5-6-7-8-9-10-11-12-13-14-15-16-17-21-27-24-22(25)19-18-20-23(24)26/h18-20H,2-17,21,25-26H2,1H3. The summed E-state index contributed by atoms with van der Waals surface area (Å²) in [6.07, 6.45) is 22.1. The molecule has 0 spiro atoms. The van der Waals surface area contributed by atoms with Crippen LogP contribution in [0.1, 0.15) is 110 Å². The number of nitrogen functional groups attached to an aromatic ring is 2. The Morgan fingerprint density at radius 1 is 0.593 bits per heavy atom. The van der Waals surface area contributed by atoms with Crippen molar-refractivity contribution in [3.05, 3.63) is 18.2 Å². The summed E-state index contributed by atoms with van der Waals surface area (Å²) in [6, 6.07) is 5.52. The van der Waals surface area contributed by atoms with Crippen LogP contribution in [-0.2, 0) is 0 Å². The molecule has 156 valence electrons. The number of unbranched alkanes of at least 4 members (excludes halogenated alkanes) is 15. The van der Waals surface area contributed by atoms with Crippen LogP contribution in [0.4, 0.5) is 11.4 Å². The molecule has 0 bridgehead atoms. The number of hydrogen-bond acceptors (Lipinski definition) is 3. The third kappa shape index (κ3) is 12.6. The van der Waals surface area contributed by atoms with E-state index in [1.165, 1.54) is 96.3 Å². The summed E-state index contributed by atoms with van der Waals surface area (Å²) in [5.41, 5.74) is 13.0. The number of rotatable bonds is 18. The third-order valence-corrected chi connectivity index (χ3v) is 5.32. The van der Waals surface area contributed by atoms with E-state index in [0.717, 1.165) is 6.42 Å². The average Bonchev–Trinajstić information content (AvgIpc) is 2.66. The topological polar surface area (TPSA) is 61.3 Å². The molecule has 27 heavy (non-hydrogen) atoms. The number of hydrogen-bond donors (Lipinski definition) is 2. The van der Waals surface area contributed by atoms with Crippen LogP contribution < -0.4 is 16.2 Å². The zero-order valence-corrected chi connectivity index (χ0v) is 17.8. The van der Waals surface area contributed by atoms with Gasteiger partial charge in [0.25, 0.3) is 0 Å². The van der Waals surface area contributed by atoms with Gasteiger partial charge in [0, 0.05) is 0 Å². The second-order valence-electron chi connectivity index (χ2n) is 7.92. The second kappa shape index (κ2) is 16.8. The van der Waals surface area contributed by atoms with E-state index >= 15 is 0 Å². The van der Waals surface area contributed by atoms with Crippen LogP contribution in [0.15, 0.2) is 18.2 Å². The fourth-order valence-corrected chi connectivity index (χ4v) is 3.56. The van der Waals surface area contributed by atoms with E-state index < -0.39 is 0 Å². The smallest absolute Gasteiger partial charge is 0.165 e. The zero-order chi connectivity index (χ0) is 19.6. The molecule has 3 heteroatoms. The van der Waals surface area contributed by atoms with Crippen LogP contribution in [0.25, 0.3) is 0 Å². The number of para-hydroxylation sites is 1. The molecule has 3 nitrogen and oxygen atoms in total. The second-order valence-corrected chi connectivity index (χ2v) is 7.92. The Kier molecular flexibility index (Phi) is 14.7. The van der Waals surface area contributed by atoms with E-state index in [4.69, 9.17) is 16.2 Å². The van der Waals surface area contributed by atoms with Gasteiger partial charge < -0.3 is 16.2 Å². The summed E-state index contributed by atoms with van der Waals surface area (Å²) in [5, 5.41) is 0. The predicted octanol–water partition coefficient (Wildman–Crippen LogP) is 7.49. The first-order chi connectivity index (χ1) is 13.3. The van der Waals surface area contributed by atoms with Gasteiger partial charge >= 0.3 is 0 Å². The van der Waals surface area contributed by atoms with E-state index in [1.807, 2.05) is 18.2 Å². The number of ether oxygens (including phenoxy) is 1. The molecular weight excluding hydrogens is 332 g/mol. The minimum Gasteiger partial charge on any atom is -0.489 e. The lowest BCUT2D eigenvalue weighted by Gasteiger charge is -2.11. The molecule has 0 radical (unpaired) electrons. The fraction of sp³-hybridized carbons (Fsp3) is 0.750.